The van der Waals surface area contributed by atoms with Gasteiger partial charge in [-0.15, -0.1) is 0 Å². The SMILES string of the molecule is Cc1cc(C)c(C[C@H](N)C(=O)N[C@@H]2CCNc3c(Cc4ccccc4)cc(Cc4ccccc4)cc32)c(C)c1. The Labute approximate surface area is 232 Å². The smallest absolute Gasteiger partial charge is 0.237 e. The topological polar surface area (TPSA) is 67.2 Å². The van der Waals surface area contributed by atoms with E-state index in [0.29, 0.717) is 6.42 Å². The minimum absolute atomic E-state index is 0.0785. The number of hydrogen-bond donors (Lipinski definition) is 3. The van der Waals surface area contributed by atoms with Crippen molar-refractivity contribution in [2.45, 2.75) is 58.5 Å². The van der Waals surface area contributed by atoms with Gasteiger partial charge in [-0.25, -0.2) is 0 Å². The highest BCUT2D eigenvalue weighted by Crippen LogP contribution is 2.36. The van der Waals surface area contributed by atoms with Gasteiger partial charge >= 0.3 is 0 Å². The number of hydrogen-bond acceptors (Lipinski definition) is 3. The molecule has 0 spiro atoms. The Morgan fingerprint density at radius 2 is 1.49 bits per heavy atom. The van der Waals surface area contributed by atoms with Crippen molar-refractivity contribution < 1.29 is 4.79 Å². The highest BCUT2D eigenvalue weighted by molar-refractivity contribution is 5.83. The molecule has 0 aromatic heterocycles. The van der Waals surface area contributed by atoms with E-state index in [1.165, 1.54) is 44.5 Å². The van der Waals surface area contributed by atoms with Crippen molar-refractivity contribution in [3.63, 3.8) is 0 Å². The van der Waals surface area contributed by atoms with E-state index < -0.39 is 6.04 Å². The van der Waals surface area contributed by atoms with Gasteiger partial charge in [0.1, 0.15) is 0 Å². The molecular weight excluding hydrogens is 478 g/mol. The quantitative estimate of drug-likeness (QED) is 0.256. The summed E-state index contributed by atoms with van der Waals surface area (Å²) in [6.07, 6.45) is 3.05. The predicted octanol–water partition coefficient (Wildman–Crippen LogP) is 6.34. The zero-order valence-electron chi connectivity index (χ0n) is 23.3. The van der Waals surface area contributed by atoms with Gasteiger partial charge in [-0.1, -0.05) is 90.5 Å². The van der Waals surface area contributed by atoms with Crippen molar-refractivity contribution in [2.75, 3.05) is 11.9 Å². The average Bonchev–Trinajstić information content (AvgIpc) is 2.92. The first-order valence-electron chi connectivity index (χ1n) is 14.0. The summed E-state index contributed by atoms with van der Waals surface area (Å²) < 4.78 is 0. The number of anilines is 1. The monoisotopic (exact) mass is 517 g/mol. The third kappa shape index (κ3) is 6.40. The van der Waals surface area contributed by atoms with Crippen LogP contribution < -0.4 is 16.4 Å². The lowest BCUT2D eigenvalue weighted by Gasteiger charge is -2.31. The Balaban J connectivity index is 1.42. The molecule has 200 valence electrons. The Bertz CT molecular complexity index is 1420. The van der Waals surface area contributed by atoms with Crippen LogP contribution in [0, 0.1) is 20.8 Å². The second-order valence-corrected chi connectivity index (χ2v) is 11.0. The minimum atomic E-state index is -0.597. The summed E-state index contributed by atoms with van der Waals surface area (Å²) in [6.45, 7) is 7.11. The van der Waals surface area contributed by atoms with Crippen LogP contribution in [-0.2, 0) is 24.1 Å². The standard InChI is InChI=1S/C35H39N3O/c1-23-16-24(2)30(25(3)17-23)22-32(36)35(39)38-33-14-15-37-34-29(19-27-12-8-5-9-13-27)20-28(21-31(33)34)18-26-10-6-4-7-11-26/h4-13,16-17,20-21,32-33,37H,14-15,18-19,22,36H2,1-3H3,(H,38,39)/t32-,33+/m0/s1. The van der Waals surface area contributed by atoms with Gasteiger partial charge in [0.2, 0.25) is 5.91 Å². The fraction of sp³-hybridized carbons (Fsp3) is 0.286. The van der Waals surface area contributed by atoms with Gasteiger partial charge in [0.25, 0.3) is 0 Å². The summed E-state index contributed by atoms with van der Waals surface area (Å²) in [5.41, 5.74) is 18.7. The Morgan fingerprint density at radius 1 is 0.872 bits per heavy atom. The van der Waals surface area contributed by atoms with Gasteiger partial charge in [-0.05, 0) is 91.0 Å². The van der Waals surface area contributed by atoms with E-state index in [1.807, 2.05) is 0 Å². The first-order valence-corrected chi connectivity index (χ1v) is 14.0. The number of fused-ring (bicyclic) bond motifs is 1. The molecule has 1 amide bonds. The Kier molecular flexibility index (Phi) is 8.13. The lowest BCUT2D eigenvalue weighted by Crippen LogP contribution is -2.45. The number of carbonyl (C=O) groups excluding carboxylic acids is 1. The van der Waals surface area contributed by atoms with Crippen molar-refractivity contribution in [2.24, 2.45) is 5.73 Å². The maximum absolute atomic E-state index is 13.4. The van der Waals surface area contributed by atoms with Gasteiger partial charge in [0, 0.05) is 12.2 Å². The van der Waals surface area contributed by atoms with Crippen LogP contribution in [-0.4, -0.2) is 18.5 Å². The number of rotatable bonds is 8. The van der Waals surface area contributed by atoms with Crippen LogP contribution in [0.25, 0.3) is 0 Å². The molecule has 4 aromatic carbocycles. The normalized spacial score (nSPS) is 15.2. The molecule has 4 heteroatoms. The van der Waals surface area contributed by atoms with Crippen molar-refractivity contribution in [3.05, 3.63) is 135 Å². The summed E-state index contributed by atoms with van der Waals surface area (Å²) in [5.74, 6) is -0.0923. The maximum atomic E-state index is 13.4. The molecule has 0 aliphatic carbocycles. The lowest BCUT2D eigenvalue weighted by atomic mass is 9.88. The molecule has 0 saturated heterocycles. The summed E-state index contributed by atoms with van der Waals surface area (Å²) in [6, 6.07) is 29.4. The molecule has 0 saturated carbocycles. The van der Waals surface area contributed by atoms with E-state index in [-0.39, 0.29) is 11.9 Å². The minimum Gasteiger partial charge on any atom is -0.384 e. The molecule has 0 radical (unpaired) electrons. The van der Waals surface area contributed by atoms with Crippen LogP contribution >= 0.6 is 0 Å². The molecule has 0 fully saturated rings. The van der Waals surface area contributed by atoms with Crippen LogP contribution in [0.1, 0.15) is 62.5 Å². The van der Waals surface area contributed by atoms with Gasteiger partial charge in [-0.2, -0.15) is 0 Å². The van der Waals surface area contributed by atoms with Crippen LogP contribution in [0.3, 0.4) is 0 Å². The van der Waals surface area contributed by atoms with Crippen molar-refractivity contribution >= 4 is 11.6 Å². The van der Waals surface area contributed by atoms with E-state index in [0.717, 1.165) is 37.1 Å². The second-order valence-electron chi connectivity index (χ2n) is 11.0. The molecule has 1 aliphatic rings. The lowest BCUT2D eigenvalue weighted by molar-refractivity contribution is -0.123. The molecule has 5 rings (SSSR count). The largest absolute Gasteiger partial charge is 0.384 e. The molecule has 39 heavy (non-hydrogen) atoms. The predicted molar refractivity (Wildman–Crippen MR) is 161 cm³/mol. The van der Waals surface area contributed by atoms with Crippen LogP contribution in [0.2, 0.25) is 0 Å². The zero-order valence-corrected chi connectivity index (χ0v) is 23.3. The first kappa shape index (κ1) is 26.7. The molecule has 1 heterocycles. The van der Waals surface area contributed by atoms with E-state index in [1.54, 1.807) is 0 Å². The summed E-state index contributed by atoms with van der Waals surface area (Å²) in [4.78, 5) is 13.4. The molecule has 4 aromatic rings. The zero-order chi connectivity index (χ0) is 27.4. The van der Waals surface area contributed by atoms with Crippen molar-refractivity contribution in [3.8, 4) is 0 Å². The van der Waals surface area contributed by atoms with Crippen LogP contribution in [0.15, 0.2) is 84.9 Å². The number of carbonyl (C=O) groups is 1. The molecule has 0 bridgehead atoms. The summed E-state index contributed by atoms with van der Waals surface area (Å²) in [5, 5.41) is 6.98. The molecule has 0 unspecified atom stereocenters. The van der Waals surface area contributed by atoms with Gasteiger partial charge in [-0.3, -0.25) is 4.79 Å². The van der Waals surface area contributed by atoms with Crippen molar-refractivity contribution in [1.29, 1.82) is 0 Å². The Hall–Kier alpha value is -3.89. The number of nitrogens with one attached hydrogen (secondary N) is 2. The number of nitrogens with two attached hydrogens (primary N) is 1. The molecular formula is C35H39N3O. The summed E-state index contributed by atoms with van der Waals surface area (Å²) >= 11 is 0. The van der Waals surface area contributed by atoms with E-state index in [4.69, 9.17) is 5.73 Å². The van der Waals surface area contributed by atoms with E-state index in [2.05, 4.69) is 116 Å². The van der Waals surface area contributed by atoms with Crippen molar-refractivity contribution in [1.82, 2.24) is 5.32 Å². The van der Waals surface area contributed by atoms with E-state index >= 15 is 0 Å². The van der Waals surface area contributed by atoms with Crippen LogP contribution in [0.4, 0.5) is 5.69 Å². The van der Waals surface area contributed by atoms with Gasteiger partial charge in [0.05, 0.1) is 12.1 Å². The van der Waals surface area contributed by atoms with Gasteiger partial charge in [0.15, 0.2) is 0 Å². The average molecular weight is 518 g/mol. The highest BCUT2D eigenvalue weighted by atomic mass is 16.2. The third-order valence-corrected chi connectivity index (χ3v) is 7.83. The summed E-state index contributed by atoms with van der Waals surface area (Å²) in [7, 11) is 0. The number of benzene rings is 4. The highest BCUT2D eigenvalue weighted by Gasteiger charge is 2.27. The molecule has 2 atom stereocenters. The first-order chi connectivity index (χ1) is 18.9. The third-order valence-electron chi connectivity index (χ3n) is 7.83. The molecule has 1 aliphatic heterocycles. The number of amides is 1. The molecule has 4 N–H and O–H groups in total. The fourth-order valence-corrected chi connectivity index (χ4v) is 5.94. The maximum Gasteiger partial charge on any atom is 0.237 e. The second kappa shape index (κ2) is 11.9. The fourth-order valence-electron chi connectivity index (χ4n) is 5.94. The molecule has 4 nitrogen and oxygen atoms in total. The number of aryl methyl sites for hydroxylation is 3. The van der Waals surface area contributed by atoms with E-state index in [9.17, 15) is 4.79 Å². The Morgan fingerprint density at radius 3 is 2.13 bits per heavy atom. The van der Waals surface area contributed by atoms with Gasteiger partial charge < -0.3 is 16.4 Å². The van der Waals surface area contributed by atoms with Crippen LogP contribution in [0.5, 0.6) is 0 Å².